The smallest absolute Gasteiger partial charge is 0.200 e. The maximum atomic E-state index is 9.73. The number of phenols is 1. The first-order valence-corrected chi connectivity index (χ1v) is 5.40. The zero-order chi connectivity index (χ0) is 12.8. The van der Waals surface area contributed by atoms with E-state index in [1.807, 2.05) is 6.92 Å². The molecule has 0 aliphatic heterocycles. The number of hydrogen-bond acceptors (Lipinski definition) is 5. The van der Waals surface area contributed by atoms with E-state index >= 15 is 0 Å². The van der Waals surface area contributed by atoms with Crippen molar-refractivity contribution in [2.24, 2.45) is 0 Å². The minimum atomic E-state index is -0.00560. The number of aliphatic hydroxyl groups is 1. The molecule has 1 aromatic carbocycles. The molecule has 0 saturated carbocycles. The van der Waals surface area contributed by atoms with E-state index in [0.717, 1.165) is 5.56 Å². The molecule has 0 spiro atoms. The summed E-state index contributed by atoms with van der Waals surface area (Å²) in [4.78, 5) is 0. The van der Waals surface area contributed by atoms with E-state index in [9.17, 15) is 5.11 Å². The van der Waals surface area contributed by atoms with Crippen LogP contribution in [0.25, 0.3) is 0 Å². The third kappa shape index (κ3) is 3.51. The molecule has 0 saturated heterocycles. The number of nitrogens with one attached hydrogen (secondary N) is 1. The highest BCUT2D eigenvalue weighted by atomic mass is 16.5. The number of aromatic hydroxyl groups is 1. The first-order valence-electron chi connectivity index (χ1n) is 5.40. The van der Waals surface area contributed by atoms with Crippen LogP contribution in [0.5, 0.6) is 17.2 Å². The van der Waals surface area contributed by atoms with Gasteiger partial charge in [-0.1, -0.05) is 0 Å². The van der Waals surface area contributed by atoms with Crippen molar-refractivity contribution in [2.75, 3.05) is 20.8 Å². The van der Waals surface area contributed by atoms with Gasteiger partial charge in [0.25, 0.3) is 0 Å². The summed E-state index contributed by atoms with van der Waals surface area (Å²) in [6.07, 6.45) is 0. The van der Waals surface area contributed by atoms with Gasteiger partial charge in [0.2, 0.25) is 5.75 Å². The summed E-state index contributed by atoms with van der Waals surface area (Å²) in [7, 11) is 2.98. The Hall–Kier alpha value is -1.46. The number of aliphatic hydroxyl groups excluding tert-OH is 1. The minimum absolute atomic E-state index is 0.00560. The lowest BCUT2D eigenvalue weighted by Crippen LogP contribution is -2.28. The SMILES string of the molecule is COc1cc(CNC(C)CO)cc(OC)c1O. The van der Waals surface area contributed by atoms with Gasteiger partial charge in [-0.05, 0) is 24.6 Å². The summed E-state index contributed by atoms with van der Waals surface area (Å²) in [5, 5.41) is 21.8. The maximum absolute atomic E-state index is 9.73. The van der Waals surface area contributed by atoms with Crippen LogP contribution in [0.2, 0.25) is 0 Å². The molecule has 5 nitrogen and oxygen atoms in total. The topological polar surface area (TPSA) is 71.0 Å². The molecule has 1 unspecified atom stereocenters. The molecule has 0 heterocycles. The van der Waals surface area contributed by atoms with E-state index in [2.05, 4.69) is 5.32 Å². The Balaban J connectivity index is 2.85. The highest BCUT2D eigenvalue weighted by molar-refractivity contribution is 5.52. The van der Waals surface area contributed by atoms with Gasteiger partial charge >= 0.3 is 0 Å². The predicted molar refractivity (Wildman–Crippen MR) is 64.6 cm³/mol. The van der Waals surface area contributed by atoms with Gasteiger partial charge in [-0.15, -0.1) is 0 Å². The standard InChI is InChI=1S/C12H19NO4/c1-8(7-14)13-6-9-4-10(16-2)12(15)11(5-9)17-3/h4-5,8,13-15H,6-7H2,1-3H3. The van der Waals surface area contributed by atoms with Gasteiger partial charge in [0.05, 0.1) is 20.8 Å². The van der Waals surface area contributed by atoms with Crippen LogP contribution in [-0.4, -0.2) is 37.1 Å². The molecule has 96 valence electrons. The fraction of sp³-hybridized carbons (Fsp3) is 0.500. The Bertz CT molecular complexity index is 343. The molecular weight excluding hydrogens is 222 g/mol. The lowest BCUT2D eigenvalue weighted by atomic mass is 10.1. The van der Waals surface area contributed by atoms with Crippen molar-refractivity contribution >= 4 is 0 Å². The number of benzene rings is 1. The van der Waals surface area contributed by atoms with Gasteiger partial charge in [0.1, 0.15) is 0 Å². The van der Waals surface area contributed by atoms with Crippen LogP contribution < -0.4 is 14.8 Å². The molecule has 1 atom stereocenters. The van der Waals surface area contributed by atoms with Crippen molar-refractivity contribution in [1.29, 1.82) is 0 Å². The van der Waals surface area contributed by atoms with E-state index in [4.69, 9.17) is 14.6 Å². The van der Waals surface area contributed by atoms with Crippen molar-refractivity contribution < 1.29 is 19.7 Å². The van der Waals surface area contributed by atoms with Gasteiger partial charge in [0, 0.05) is 12.6 Å². The van der Waals surface area contributed by atoms with E-state index in [0.29, 0.717) is 18.0 Å². The molecular formula is C12H19NO4. The Labute approximate surface area is 101 Å². The van der Waals surface area contributed by atoms with Crippen LogP contribution in [0.3, 0.4) is 0 Å². The molecule has 1 aromatic rings. The fourth-order valence-corrected chi connectivity index (χ4v) is 1.41. The largest absolute Gasteiger partial charge is 0.502 e. The molecule has 3 N–H and O–H groups in total. The first kappa shape index (κ1) is 13.6. The number of ether oxygens (including phenoxy) is 2. The van der Waals surface area contributed by atoms with E-state index in [1.54, 1.807) is 12.1 Å². The molecule has 5 heteroatoms. The van der Waals surface area contributed by atoms with Crippen LogP contribution in [0.15, 0.2) is 12.1 Å². The highest BCUT2D eigenvalue weighted by Crippen LogP contribution is 2.36. The number of hydrogen-bond donors (Lipinski definition) is 3. The third-order valence-electron chi connectivity index (χ3n) is 2.47. The van der Waals surface area contributed by atoms with Crippen molar-refractivity contribution in [3.8, 4) is 17.2 Å². The Morgan fingerprint density at radius 1 is 1.24 bits per heavy atom. The molecule has 0 aromatic heterocycles. The van der Waals surface area contributed by atoms with Gasteiger partial charge in [-0.25, -0.2) is 0 Å². The quantitative estimate of drug-likeness (QED) is 0.689. The molecule has 0 radical (unpaired) electrons. The summed E-state index contributed by atoms with van der Waals surface area (Å²) in [5.41, 5.74) is 0.914. The maximum Gasteiger partial charge on any atom is 0.200 e. The monoisotopic (exact) mass is 241 g/mol. The highest BCUT2D eigenvalue weighted by Gasteiger charge is 2.11. The van der Waals surface area contributed by atoms with E-state index in [-0.39, 0.29) is 18.4 Å². The van der Waals surface area contributed by atoms with Crippen molar-refractivity contribution in [3.63, 3.8) is 0 Å². The zero-order valence-corrected chi connectivity index (χ0v) is 10.4. The van der Waals surface area contributed by atoms with Crippen molar-refractivity contribution in [2.45, 2.75) is 19.5 Å². The van der Waals surface area contributed by atoms with Crippen molar-refractivity contribution in [1.82, 2.24) is 5.32 Å². The Kier molecular flexibility index (Phi) is 5.06. The Morgan fingerprint density at radius 2 is 1.76 bits per heavy atom. The van der Waals surface area contributed by atoms with Gasteiger partial charge in [0.15, 0.2) is 11.5 Å². The van der Waals surface area contributed by atoms with E-state index in [1.165, 1.54) is 14.2 Å². The number of phenolic OH excluding ortho intramolecular Hbond substituents is 1. The molecule has 17 heavy (non-hydrogen) atoms. The van der Waals surface area contributed by atoms with Crippen LogP contribution >= 0.6 is 0 Å². The second-order valence-corrected chi connectivity index (χ2v) is 3.81. The second-order valence-electron chi connectivity index (χ2n) is 3.81. The van der Waals surface area contributed by atoms with Crippen LogP contribution in [0.1, 0.15) is 12.5 Å². The van der Waals surface area contributed by atoms with Crippen LogP contribution in [0, 0.1) is 0 Å². The van der Waals surface area contributed by atoms with Crippen LogP contribution in [0.4, 0.5) is 0 Å². The van der Waals surface area contributed by atoms with Gasteiger partial charge in [-0.3, -0.25) is 0 Å². The molecule has 0 fully saturated rings. The molecule has 0 amide bonds. The molecule has 0 aliphatic rings. The molecule has 0 aliphatic carbocycles. The number of rotatable bonds is 6. The second kappa shape index (κ2) is 6.32. The van der Waals surface area contributed by atoms with E-state index < -0.39 is 0 Å². The lowest BCUT2D eigenvalue weighted by Gasteiger charge is -2.14. The predicted octanol–water partition coefficient (Wildman–Crippen LogP) is 0.880. The molecule has 0 bridgehead atoms. The average molecular weight is 241 g/mol. The Morgan fingerprint density at radius 3 is 2.18 bits per heavy atom. The normalized spacial score (nSPS) is 12.2. The first-order chi connectivity index (χ1) is 8.12. The molecule has 1 rings (SSSR count). The average Bonchev–Trinajstić information content (AvgIpc) is 2.36. The zero-order valence-electron chi connectivity index (χ0n) is 10.4. The number of methoxy groups -OCH3 is 2. The third-order valence-corrected chi connectivity index (χ3v) is 2.47. The van der Waals surface area contributed by atoms with Crippen LogP contribution in [-0.2, 0) is 6.54 Å². The fourth-order valence-electron chi connectivity index (χ4n) is 1.41. The summed E-state index contributed by atoms with van der Waals surface area (Å²) in [6, 6.07) is 3.48. The lowest BCUT2D eigenvalue weighted by molar-refractivity contribution is 0.251. The summed E-state index contributed by atoms with van der Waals surface area (Å²) in [5.74, 6) is 0.740. The summed E-state index contributed by atoms with van der Waals surface area (Å²) in [6.45, 7) is 2.52. The van der Waals surface area contributed by atoms with Crippen molar-refractivity contribution in [3.05, 3.63) is 17.7 Å². The minimum Gasteiger partial charge on any atom is -0.502 e. The summed E-state index contributed by atoms with van der Waals surface area (Å²) >= 11 is 0. The van der Waals surface area contributed by atoms with Gasteiger partial charge < -0.3 is 25.0 Å². The van der Waals surface area contributed by atoms with Gasteiger partial charge in [-0.2, -0.15) is 0 Å². The summed E-state index contributed by atoms with van der Waals surface area (Å²) < 4.78 is 10.1.